The van der Waals surface area contributed by atoms with E-state index in [4.69, 9.17) is 14.2 Å². The van der Waals surface area contributed by atoms with E-state index in [1.807, 2.05) is 5.01 Å². The number of rotatable bonds is 6. The van der Waals surface area contributed by atoms with E-state index in [-0.39, 0.29) is 5.75 Å². The van der Waals surface area contributed by atoms with Crippen LogP contribution in [0, 0.1) is 6.92 Å². The zero-order chi connectivity index (χ0) is 20.8. The van der Waals surface area contributed by atoms with Gasteiger partial charge in [0.15, 0.2) is 11.5 Å². The first-order valence-electron chi connectivity index (χ1n) is 9.55. The summed E-state index contributed by atoms with van der Waals surface area (Å²) in [6, 6.07) is 12.1. The first-order chi connectivity index (χ1) is 14.0. The van der Waals surface area contributed by atoms with Crippen molar-refractivity contribution in [3.8, 4) is 17.2 Å². The highest BCUT2D eigenvalue weighted by molar-refractivity contribution is 5.83. The standard InChI is InChI=1S/C22H27N3O4/c1-16-5-7-19(8-6-16)24-9-11-25(12-10-24)23-15-18-13-20(27-3)22(29-17(2)26)21(14-18)28-4/h5-8,13-15H,9-12H2,1-4H3. The van der Waals surface area contributed by atoms with Gasteiger partial charge in [0.25, 0.3) is 0 Å². The van der Waals surface area contributed by atoms with Gasteiger partial charge in [-0.3, -0.25) is 9.80 Å². The van der Waals surface area contributed by atoms with Gasteiger partial charge in [-0.15, -0.1) is 0 Å². The van der Waals surface area contributed by atoms with E-state index < -0.39 is 5.97 Å². The monoisotopic (exact) mass is 397 g/mol. The quantitative estimate of drug-likeness (QED) is 0.424. The molecule has 0 saturated carbocycles. The first-order valence-corrected chi connectivity index (χ1v) is 9.55. The highest BCUT2D eigenvalue weighted by Gasteiger charge is 2.17. The number of hydrogen-bond donors (Lipinski definition) is 0. The van der Waals surface area contributed by atoms with E-state index in [9.17, 15) is 4.79 Å². The Morgan fingerprint density at radius 1 is 1.00 bits per heavy atom. The summed E-state index contributed by atoms with van der Waals surface area (Å²) >= 11 is 0. The molecule has 7 nitrogen and oxygen atoms in total. The zero-order valence-corrected chi connectivity index (χ0v) is 17.3. The Morgan fingerprint density at radius 2 is 1.59 bits per heavy atom. The maximum Gasteiger partial charge on any atom is 0.308 e. The van der Waals surface area contributed by atoms with Crippen LogP contribution in [0.4, 0.5) is 5.69 Å². The topological polar surface area (TPSA) is 63.6 Å². The number of methoxy groups -OCH3 is 2. The summed E-state index contributed by atoms with van der Waals surface area (Å²) in [6.45, 7) is 6.94. The van der Waals surface area contributed by atoms with Crippen LogP contribution in [0.3, 0.4) is 0 Å². The Labute approximate surface area is 171 Å². The lowest BCUT2D eigenvalue weighted by molar-refractivity contribution is -0.132. The number of carbonyl (C=O) groups is 1. The summed E-state index contributed by atoms with van der Waals surface area (Å²) in [7, 11) is 3.04. The molecule has 0 aromatic heterocycles. The predicted octanol–water partition coefficient (Wildman–Crippen LogP) is 3.09. The number of anilines is 1. The van der Waals surface area contributed by atoms with Gasteiger partial charge in [-0.25, -0.2) is 0 Å². The van der Waals surface area contributed by atoms with Gasteiger partial charge in [-0.05, 0) is 31.2 Å². The van der Waals surface area contributed by atoms with Gasteiger partial charge in [-0.1, -0.05) is 17.7 Å². The van der Waals surface area contributed by atoms with Crippen LogP contribution >= 0.6 is 0 Å². The fourth-order valence-electron chi connectivity index (χ4n) is 3.19. The van der Waals surface area contributed by atoms with Crippen molar-refractivity contribution < 1.29 is 19.0 Å². The molecule has 29 heavy (non-hydrogen) atoms. The van der Waals surface area contributed by atoms with E-state index >= 15 is 0 Å². The second-order valence-electron chi connectivity index (χ2n) is 6.87. The number of hydrogen-bond acceptors (Lipinski definition) is 7. The fraction of sp³-hybridized carbons (Fsp3) is 0.364. The molecule has 0 N–H and O–H groups in total. The molecule has 1 fully saturated rings. The molecular formula is C22H27N3O4. The van der Waals surface area contributed by atoms with Crippen molar-refractivity contribution in [2.45, 2.75) is 13.8 Å². The lowest BCUT2D eigenvalue weighted by Crippen LogP contribution is -2.44. The SMILES string of the molecule is COc1cc(C=NN2CCN(c3ccc(C)cc3)CC2)cc(OC)c1OC(C)=O. The molecule has 154 valence electrons. The van der Waals surface area contributed by atoms with Crippen molar-refractivity contribution in [3.63, 3.8) is 0 Å². The minimum absolute atomic E-state index is 0.270. The number of hydrazone groups is 1. The first kappa shape index (κ1) is 20.5. The van der Waals surface area contributed by atoms with Crippen LogP contribution in [0.25, 0.3) is 0 Å². The number of piperazine rings is 1. The van der Waals surface area contributed by atoms with Gasteiger partial charge in [0.1, 0.15) is 0 Å². The molecule has 0 radical (unpaired) electrons. The lowest BCUT2D eigenvalue weighted by Gasteiger charge is -2.34. The molecule has 0 amide bonds. The number of aryl methyl sites for hydroxylation is 1. The third-order valence-corrected chi connectivity index (χ3v) is 4.75. The predicted molar refractivity (Wildman–Crippen MR) is 113 cm³/mol. The maximum absolute atomic E-state index is 11.3. The van der Waals surface area contributed by atoms with E-state index in [1.165, 1.54) is 32.4 Å². The summed E-state index contributed by atoms with van der Waals surface area (Å²) in [5.41, 5.74) is 3.31. The van der Waals surface area contributed by atoms with Crippen molar-refractivity contribution in [1.82, 2.24) is 5.01 Å². The molecule has 3 rings (SSSR count). The average Bonchev–Trinajstić information content (AvgIpc) is 2.73. The van der Waals surface area contributed by atoms with Gasteiger partial charge < -0.3 is 19.1 Å². The highest BCUT2D eigenvalue weighted by atomic mass is 16.6. The van der Waals surface area contributed by atoms with E-state index in [2.05, 4.69) is 41.2 Å². The van der Waals surface area contributed by atoms with Crippen molar-refractivity contribution in [1.29, 1.82) is 0 Å². The summed E-state index contributed by atoms with van der Waals surface area (Å²) < 4.78 is 15.9. The Kier molecular flexibility index (Phi) is 6.59. The molecule has 0 aliphatic carbocycles. The van der Waals surface area contributed by atoms with Crippen LogP contribution < -0.4 is 19.1 Å². The molecule has 1 aliphatic heterocycles. The maximum atomic E-state index is 11.3. The summed E-state index contributed by atoms with van der Waals surface area (Å²) in [5.74, 6) is 0.677. The van der Waals surface area contributed by atoms with Crippen LogP contribution in [-0.2, 0) is 4.79 Å². The summed E-state index contributed by atoms with van der Waals surface area (Å²) in [6.07, 6.45) is 1.77. The molecule has 0 unspecified atom stereocenters. The van der Waals surface area contributed by atoms with Crippen LogP contribution in [0.2, 0.25) is 0 Å². The Balaban J connectivity index is 1.67. The van der Waals surface area contributed by atoms with Crippen LogP contribution in [0.5, 0.6) is 17.2 Å². The largest absolute Gasteiger partial charge is 0.493 e. The molecule has 0 spiro atoms. The Morgan fingerprint density at radius 3 is 2.10 bits per heavy atom. The number of esters is 1. The smallest absolute Gasteiger partial charge is 0.308 e. The molecule has 1 heterocycles. The molecule has 7 heteroatoms. The van der Waals surface area contributed by atoms with Gasteiger partial charge in [0.2, 0.25) is 5.75 Å². The van der Waals surface area contributed by atoms with E-state index in [1.54, 1.807) is 18.3 Å². The van der Waals surface area contributed by atoms with Crippen LogP contribution in [0.15, 0.2) is 41.5 Å². The number of benzene rings is 2. The van der Waals surface area contributed by atoms with E-state index in [0.29, 0.717) is 11.5 Å². The lowest BCUT2D eigenvalue weighted by atomic mass is 10.2. The van der Waals surface area contributed by atoms with Crippen molar-refractivity contribution in [3.05, 3.63) is 47.5 Å². The Bertz CT molecular complexity index is 847. The molecule has 2 aromatic carbocycles. The Hall–Kier alpha value is -3.22. The second-order valence-corrected chi connectivity index (χ2v) is 6.87. The van der Waals surface area contributed by atoms with Gasteiger partial charge in [0.05, 0.1) is 33.5 Å². The van der Waals surface area contributed by atoms with Gasteiger partial charge in [-0.2, -0.15) is 5.10 Å². The van der Waals surface area contributed by atoms with Gasteiger partial charge in [0, 0.05) is 31.3 Å². The molecule has 0 atom stereocenters. The fourth-order valence-corrected chi connectivity index (χ4v) is 3.19. The molecule has 1 aliphatic rings. The number of nitrogens with zero attached hydrogens (tertiary/aromatic N) is 3. The normalized spacial score (nSPS) is 14.2. The van der Waals surface area contributed by atoms with Crippen molar-refractivity contribution in [2.24, 2.45) is 5.10 Å². The van der Waals surface area contributed by atoms with Crippen LogP contribution in [0.1, 0.15) is 18.1 Å². The van der Waals surface area contributed by atoms with Crippen molar-refractivity contribution >= 4 is 17.9 Å². The molecular weight excluding hydrogens is 370 g/mol. The van der Waals surface area contributed by atoms with E-state index in [0.717, 1.165) is 31.7 Å². The number of carbonyl (C=O) groups excluding carboxylic acids is 1. The summed E-state index contributed by atoms with van der Waals surface area (Å²) in [4.78, 5) is 13.7. The minimum atomic E-state index is -0.436. The second kappa shape index (κ2) is 9.32. The van der Waals surface area contributed by atoms with Crippen LogP contribution in [-0.4, -0.2) is 57.6 Å². The van der Waals surface area contributed by atoms with Gasteiger partial charge >= 0.3 is 5.97 Å². The summed E-state index contributed by atoms with van der Waals surface area (Å²) in [5, 5.41) is 6.65. The molecule has 2 aromatic rings. The highest BCUT2D eigenvalue weighted by Crippen LogP contribution is 2.38. The average molecular weight is 397 g/mol. The minimum Gasteiger partial charge on any atom is -0.493 e. The third kappa shape index (κ3) is 5.19. The number of ether oxygens (including phenoxy) is 3. The molecule has 1 saturated heterocycles. The third-order valence-electron chi connectivity index (χ3n) is 4.75. The van der Waals surface area contributed by atoms with Crippen molar-refractivity contribution in [2.75, 3.05) is 45.3 Å². The molecule has 0 bridgehead atoms. The zero-order valence-electron chi connectivity index (χ0n) is 17.3.